The minimum absolute atomic E-state index is 0.0786. The van der Waals surface area contributed by atoms with Crippen LogP contribution >= 0.6 is 0 Å². The Balaban J connectivity index is 1.80. The predicted molar refractivity (Wildman–Crippen MR) is 164 cm³/mol. The Morgan fingerprint density at radius 3 is 1.95 bits per heavy atom. The van der Waals surface area contributed by atoms with E-state index in [1.54, 1.807) is 27.7 Å². The number of hydrogen-bond donors (Lipinski definition) is 5. The lowest BCUT2D eigenvalue weighted by Gasteiger charge is -2.49. The minimum Gasteiger partial charge on any atom is -0.481 e. The molecule has 44 heavy (non-hydrogen) atoms. The number of ether oxygens (including phenoxy) is 3. The number of carbonyl (C=O) groups excluding carboxylic acids is 1. The molecule has 10 nitrogen and oxygen atoms in total. The summed E-state index contributed by atoms with van der Waals surface area (Å²) in [5.41, 5.74) is -2.00. The maximum absolute atomic E-state index is 14.1. The van der Waals surface area contributed by atoms with Crippen molar-refractivity contribution in [3.05, 3.63) is 0 Å². The number of aliphatic carboxylic acids is 1. The van der Waals surface area contributed by atoms with Gasteiger partial charge in [0.2, 0.25) is 0 Å². The van der Waals surface area contributed by atoms with Gasteiger partial charge in [-0.05, 0) is 64.7 Å². The smallest absolute Gasteiger partial charge is 0.311 e. The molecule has 256 valence electrons. The Kier molecular flexibility index (Phi) is 11.2. The number of ketones is 1. The number of Topliss-reactive ketones (excluding diaryl/α,β-unsaturated/α-hetero) is 1. The first-order valence-electron chi connectivity index (χ1n) is 16.8. The van der Waals surface area contributed by atoms with Crippen molar-refractivity contribution in [2.45, 2.75) is 155 Å². The van der Waals surface area contributed by atoms with E-state index in [0.29, 0.717) is 32.1 Å². The van der Waals surface area contributed by atoms with Gasteiger partial charge < -0.3 is 39.7 Å². The number of carbonyl (C=O) groups is 2. The summed E-state index contributed by atoms with van der Waals surface area (Å²) in [4.78, 5) is 25.8. The van der Waals surface area contributed by atoms with Gasteiger partial charge in [-0.2, -0.15) is 0 Å². The fourth-order valence-electron chi connectivity index (χ4n) is 8.80. The molecule has 0 aliphatic carbocycles. The van der Waals surface area contributed by atoms with Crippen molar-refractivity contribution in [3.8, 4) is 0 Å². The van der Waals surface area contributed by atoms with E-state index >= 15 is 0 Å². The van der Waals surface area contributed by atoms with E-state index in [1.807, 2.05) is 41.5 Å². The van der Waals surface area contributed by atoms with Crippen molar-refractivity contribution in [2.24, 2.45) is 47.3 Å². The van der Waals surface area contributed by atoms with Gasteiger partial charge in [-0.3, -0.25) is 9.59 Å². The molecule has 0 amide bonds. The monoisotopic (exact) mass is 628 g/mol. The lowest BCUT2D eigenvalue weighted by molar-refractivity contribution is -0.331. The summed E-state index contributed by atoms with van der Waals surface area (Å²) < 4.78 is 19.1. The molecule has 3 aliphatic rings. The highest BCUT2D eigenvalue weighted by Gasteiger charge is 2.66. The molecule has 3 fully saturated rings. The highest BCUT2D eigenvalue weighted by atomic mass is 16.7. The maximum atomic E-state index is 14.1. The van der Waals surface area contributed by atoms with Crippen LogP contribution in [0.4, 0.5) is 0 Å². The van der Waals surface area contributed by atoms with Crippen molar-refractivity contribution in [1.82, 2.24) is 0 Å². The quantitative estimate of drug-likeness (QED) is 0.212. The van der Waals surface area contributed by atoms with E-state index in [0.717, 1.165) is 0 Å². The molecule has 3 saturated heterocycles. The largest absolute Gasteiger partial charge is 0.481 e. The standard InChI is InChI=1S/C34H60O10/c1-12-25(29-18(4)15-31(11,42-29)34(41)20(6)16-32(13-2,44-34)24(10)35)27(37)21(7)26(36)22(8)28-17(3)14-19(5)33(40,43-28)23(9)30(38)39/h17-26,28-29,35-36,40-41H,12-16H2,1-11H3,(H,38,39)/t17-,18-,19+,20+,21-,22-,23+,24-,25+,26+,28-,29-,31-,32+,33+,34+/m0/s1. The molecule has 0 aromatic carbocycles. The third-order valence-electron chi connectivity index (χ3n) is 12.0. The van der Waals surface area contributed by atoms with Crippen molar-refractivity contribution in [1.29, 1.82) is 0 Å². The van der Waals surface area contributed by atoms with Crippen LogP contribution in [0.1, 0.15) is 108 Å². The van der Waals surface area contributed by atoms with Gasteiger partial charge in [-0.15, -0.1) is 0 Å². The zero-order valence-corrected chi connectivity index (χ0v) is 28.7. The molecule has 5 N–H and O–H groups in total. The van der Waals surface area contributed by atoms with Crippen molar-refractivity contribution in [2.75, 3.05) is 0 Å². The fraction of sp³-hybridized carbons (Fsp3) is 0.941. The van der Waals surface area contributed by atoms with Crippen molar-refractivity contribution >= 4 is 11.8 Å². The SMILES string of the molecule is CC[C@H](C(=O)[C@@H](C)[C@@H](O)[C@H](C)[C@H]1O[C@@](O)([C@H](C)C(=O)O)[C@H](C)C[C@@H]1C)[C@H]1O[C@](C)([C@]2(O)O[C@@](CC)([C@H](C)O)C[C@H]2C)C[C@@H]1C. The van der Waals surface area contributed by atoms with Crippen LogP contribution in [0.3, 0.4) is 0 Å². The Hall–Kier alpha value is -1.14. The van der Waals surface area contributed by atoms with E-state index in [4.69, 9.17) is 14.2 Å². The van der Waals surface area contributed by atoms with E-state index in [-0.39, 0.29) is 23.5 Å². The van der Waals surface area contributed by atoms with E-state index in [1.165, 1.54) is 6.92 Å². The number of aliphatic hydroxyl groups excluding tert-OH is 2. The molecule has 0 aromatic heterocycles. The molecule has 10 heteroatoms. The van der Waals surface area contributed by atoms with Crippen LogP contribution in [0.5, 0.6) is 0 Å². The second-order valence-corrected chi connectivity index (χ2v) is 15.1. The van der Waals surface area contributed by atoms with Gasteiger partial charge in [0.05, 0.1) is 30.0 Å². The summed E-state index contributed by atoms with van der Waals surface area (Å²) in [6.07, 6.45) is -0.601. The lowest BCUT2D eigenvalue weighted by atomic mass is 9.72. The maximum Gasteiger partial charge on any atom is 0.311 e. The van der Waals surface area contributed by atoms with Crippen LogP contribution in [-0.4, -0.2) is 84.5 Å². The van der Waals surface area contributed by atoms with Gasteiger partial charge >= 0.3 is 5.97 Å². The minimum atomic E-state index is -1.89. The number of aliphatic hydroxyl groups is 4. The highest BCUT2D eigenvalue weighted by Crippen LogP contribution is 2.56. The first kappa shape index (κ1) is 37.3. The lowest BCUT2D eigenvalue weighted by Crippen LogP contribution is -2.58. The Morgan fingerprint density at radius 1 is 0.886 bits per heavy atom. The van der Waals surface area contributed by atoms with Gasteiger partial charge in [-0.1, -0.05) is 55.4 Å². The molecule has 3 heterocycles. The van der Waals surface area contributed by atoms with Gasteiger partial charge in [-0.25, -0.2) is 0 Å². The van der Waals surface area contributed by atoms with E-state index < -0.39 is 82.8 Å². The molecular weight excluding hydrogens is 568 g/mol. The Morgan fingerprint density at radius 2 is 1.48 bits per heavy atom. The first-order valence-corrected chi connectivity index (χ1v) is 16.8. The third-order valence-corrected chi connectivity index (χ3v) is 12.0. The van der Waals surface area contributed by atoms with E-state index in [9.17, 15) is 35.1 Å². The summed E-state index contributed by atoms with van der Waals surface area (Å²) in [5.74, 6) is -8.84. The third kappa shape index (κ3) is 6.14. The zero-order chi connectivity index (χ0) is 33.7. The Bertz CT molecular complexity index is 1040. The molecule has 0 radical (unpaired) electrons. The average molecular weight is 629 g/mol. The molecular formula is C34H60O10. The second kappa shape index (κ2) is 13.2. The number of carboxylic acids is 1. The summed E-state index contributed by atoms with van der Waals surface area (Å²) in [6.45, 7) is 19.9. The zero-order valence-electron chi connectivity index (χ0n) is 28.7. The Labute approximate surface area is 263 Å². The number of hydrogen-bond acceptors (Lipinski definition) is 9. The van der Waals surface area contributed by atoms with Gasteiger partial charge in [0.25, 0.3) is 0 Å². The first-order chi connectivity index (χ1) is 20.2. The van der Waals surface area contributed by atoms with Gasteiger partial charge in [0.15, 0.2) is 11.6 Å². The fourth-order valence-corrected chi connectivity index (χ4v) is 8.80. The molecule has 0 aromatic rings. The summed E-state index contributed by atoms with van der Waals surface area (Å²) in [6, 6.07) is 0. The van der Waals surface area contributed by atoms with Crippen molar-refractivity contribution < 1.29 is 49.3 Å². The second-order valence-electron chi connectivity index (χ2n) is 15.1. The molecule has 3 rings (SSSR count). The van der Waals surface area contributed by atoms with Crippen LogP contribution < -0.4 is 0 Å². The van der Waals surface area contributed by atoms with Crippen molar-refractivity contribution in [3.63, 3.8) is 0 Å². The van der Waals surface area contributed by atoms with Crippen LogP contribution in [0, 0.1) is 47.3 Å². The summed E-state index contributed by atoms with van der Waals surface area (Å²) in [7, 11) is 0. The number of carboxylic acid groups (broad SMARTS) is 1. The molecule has 0 bridgehead atoms. The topological polar surface area (TPSA) is 163 Å². The van der Waals surface area contributed by atoms with Crippen LogP contribution in [0.25, 0.3) is 0 Å². The van der Waals surface area contributed by atoms with Crippen LogP contribution in [0.2, 0.25) is 0 Å². The van der Waals surface area contributed by atoms with Gasteiger partial charge in [0.1, 0.15) is 17.3 Å². The highest BCUT2D eigenvalue weighted by molar-refractivity contribution is 5.84. The van der Waals surface area contributed by atoms with E-state index in [2.05, 4.69) is 0 Å². The molecule has 0 spiro atoms. The molecule has 0 saturated carbocycles. The molecule has 16 atom stereocenters. The van der Waals surface area contributed by atoms with Crippen LogP contribution in [-0.2, 0) is 23.8 Å². The predicted octanol–water partition coefficient (Wildman–Crippen LogP) is 4.14. The number of rotatable bonds is 12. The molecule has 0 unspecified atom stereocenters. The van der Waals surface area contributed by atoms with Crippen LogP contribution in [0.15, 0.2) is 0 Å². The normalized spacial score (nSPS) is 45.3. The average Bonchev–Trinajstić information content (AvgIpc) is 3.43. The summed E-state index contributed by atoms with van der Waals surface area (Å²) in [5, 5.41) is 55.0. The summed E-state index contributed by atoms with van der Waals surface area (Å²) >= 11 is 0. The molecule has 3 aliphatic heterocycles. The van der Waals surface area contributed by atoms with Gasteiger partial charge in [0, 0.05) is 29.6 Å².